The number of ether oxygens (including phenoxy) is 1. The second-order valence-corrected chi connectivity index (χ2v) is 7.65. The molecule has 0 aromatic carbocycles. The van der Waals surface area contributed by atoms with E-state index in [9.17, 15) is 14.7 Å². The number of pyridine rings is 1. The number of aromatic hydroxyl groups is 1. The van der Waals surface area contributed by atoms with E-state index in [0.29, 0.717) is 24.2 Å². The zero-order valence-corrected chi connectivity index (χ0v) is 16.6. The molecule has 1 atom stereocenters. The van der Waals surface area contributed by atoms with Crippen LogP contribution in [0.25, 0.3) is 0 Å². The van der Waals surface area contributed by atoms with Crippen LogP contribution < -0.4 is 5.56 Å². The molecule has 1 fully saturated rings. The maximum Gasteiger partial charge on any atom is 0.306 e. The van der Waals surface area contributed by atoms with Gasteiger partial charge in [0.05, 0.1) is 25.4 Å². The standard InChI is InChI=1S/C21H29N3O4/c1-14-10-18(25)20(21(27)24(14)9-8-16-12-22-13-23-16)17(11-19(26)28-2)15-6-4-3-5-7-15/h10,12-13,15,17,25H,3-9,11H2,1-2H3,(H,22,23)/t17-/m0/s1. The predicted molar refractivity (Wildman–Crippen MR) is 105 cm³/mol. The SMILES string of the molecule is COC(=O)C[C@H](c1c(O)cc(C)n(CCc2cnc[nH]2)c1=O)C1CCCCC1. The van der Waals surface area contributed by atoms with Crippen LogP contribution in [0.3, 0.4) is 0 Å². The fourth-order valence-electron chi connectivity index (χ4n) is 4.35. The van der Waals surface area contributed by atoms with Gasteiger partial charge >= 0.3 is 5.97 Å². The van der Waals surface area contributed by atoms with Crippen molar-refractivity contribution >= 4 is 5.97 Å². The summed E-state index contributed by atoms with van der Waals surface area (Å²) < 4.78 is 6.57. The largest absolute Gasteiger partial charge is 0.507 e. The number of nitrogens with zero attached hydrogens (tertiary/aromatic N) is 2. The van der Waals surface area contributed by atoms with Gasteiger partial charge in [-0.05, 0) is 31.7 Å². The fourth-order valence-corrected chi connectivity index (χ4v) is 4.35. The Hall–Kier alpha value is -2.57. The minimum atomic E-state index is -0.348. The Labute approximate surface area is 164 Å². The fraction of sp³-hybridized carbons (Fsp3) is 0.571. The molecule has 0 radical (unpaired) electrons. The lowest BCUT2D eigenvalue weighted by Gasteiger charge is -2.30. The lowest BCUT2D eigenvalue weighted by Crippen LogP contribution is -2.32. The number of hydrogen-bond acceptors (Lipinski definition) is 5. The molecular weight excluding hydrogens is 358 g/mol. The Morgan fingerprint density at radius 1 is 1.39 bits per heavy atom. The average molecular weight is 387 g/mol. The van der Waals surface area contributed by atoms with Gasteiger partial charge < -0.3 is 19.4 Å². The number of hydrogen-bond donors (Lipinski definition) is 2. The van der Waals surface area contributed by atoms with E-state index in [4.69, 9.17) is 4.74 Å². The number of nitrogens with one attached hydrogen (secondary N) is 1. The molecule has 2 aromatic heterocycles. The molecule has 0 bridgehead atoms. The van der Waals surface area contributed by atoms with Gasteiger partial charge in [-0.15, -0.1) is 0 Å². The molecule has 7 heteroatoms. The van der Waals surface area contributed by atoms with Gasteiger partial charge in [0.2, 0.25) is 0 Å². The van der Waals surface area contributed by atoms with Gasteiger partial charge in [-0.2, -0.15) is 0 Å². The van der Waals surface area contributed by atoms with Crippen LogP contribution in [0, 0.1) is 12.8 Å². The summed E-state index contributed by atoms with van der Waals surface area (Å²) in [5, 5.41) is 10.7. The zero-order chi connectivity index (χ0) is 20.1. The minimum absolute atomic E-state index is 0.0141. The summed E-state index contributed by atoms with van der Waals surface area (Å²) in [7, 11) is 1.36. The molecule has 1 aliphatic rings. The normalized spacial score (nSPS) is 16.1. The van der Waals surface area contributed by atoms with Crippen molar-refractivity contribution in [3.63, 3.8) is 0 Å². The Kier molecular flexibility index (Phi) is 6.54. The van der Waals surface area contributed by atoms with Crippen LogP contribution in [0.4, 0.5) is 0 Å². The Morgan fingerprint density at radius 2 is 2.14 bits per heavy atom. The van der Waals surface area contributed by atoms with Crippen molar-refractivity contribution in [2.75, 3.05) is 7.11 Å². The van der Waals surface area contributed by atoms with E-state index in [2.05, 4.69) is 9.97 Å². The molecule has 0 spiro atoms. The summed E-state index contributed by atoms with van der Waals surface area (Å²) in [6.07, 6.45) is 9.38. The number of H-pyrrole nitrogens is 1. The van der Waals surface area contributed by atoms with E-state index in [1.165, 1.54) is 13.5 Å². The average Bonchev–Trinajstić information content (AvgIpc) is 3.20. The highest BCUT2D eigenvalue weighted by atomic mass is 16.5. The predicted octanol–water partition coefficient (Wildman–Crippen LogP) is 3.06. The second kappa shape index (κ2) is 9.08. The molecule has 2 N–H and O–H groups in total. The number of aromatic nitrogens is 3. The first-order valence-corrected chi connectivity index (χ1v) is 9.98. The van der Waals surface area contributed by atoms with Crippen LogP contribution in [-0.2, 0) is 22.5 Å². The number of imidazole rings is 1. The molecule has 0 aliphatic heterocycles. The zero-order valence-electron chi connectivity index (χ0n) is 16.6. The highest BCUT2D eigenvalue weighted by Gasteiger charge is 2.32. The summed E-state index contributed by atoms with van der Waals surface area (Å²) in [6.45, 7) is 2.30. The molecule has 0 saturated heterocycles. The minimum Gasteiger partial charge on any atom is -0.507 e. The highest BCUT2D eigenvalue weighted by Crippen LogP contribution is 2.40. The summed E-state index contributed by atoms with van der Waals surface area (Å²) in [6, 6.07) is 1.64. The third-order valence-electron chi connectivity index (χ3n) is 5.89. The number of methoxy groups -OCH3 is 1. The van der Waals surface area contributed by atoms with Crippen molar-refractivity contribution in [3.05, 3.63) is 45.9 Å². The van der Waals surface area contributed by atoms with Crippen LogP contribution in [0.2, 0.25) is 0 Å². The Morgan fingerprint density at radius 3 is 2.79 bits per heavy atom. The monoisotopic (exact) mass is 387 g/mol. The van der Waals surface area contributed by atoms with E-state index in [1.54, 1.807) is 23.2 Å². The summed E-state index contributed by atoms with van der Waals surface area (Å²) in [5.74, 6) is -0.479. The van der Waals surface area contributed by atoms with E-state index in [0.717, 1.165) is 31.4 Å². The smallest absolute Gasteiger partial charge is 0.306 e. The van der Waals surface area contributed by atoms with Crippen molar-refractivity contribution in [1.82, 2.24) is 14.5 Å². The van der Waals surface area contributed by atoms with Gasteiger partial charge in [-0.1, -0.05) is 19.3 Å². The van der Waals surface area contributed by atoms with Crippen LogP contribution in [0.15, 0.2) is 23.4 Å². The van der Waals surface area contributed by atoms with Crippen LogP contribution >= 0.6 is 0 Å². The molecule has 0 amide bonds. The van der Waals surface area contributed by atoms with Crippen molar-refractivity contribution in [1.29, 1.82) is 0 Å². The first-order chi connectivity index (χ1) is 13.5. The third-order valence-corrected chi connectivity index (χ3v) is 5.89. The molecule has 152 valence electrons. The number of carbonyl (C=O) groups is 1. The van der Waals surface area contributed by atoms with Crippen LogP contribution in [0.1, 0.15) is 61.4 Å². The number of rotatable bonds is 7. The number of aryl methyl sites for hydroxylation is 2. The molecule has 3 rings (SSSR count). The lowest BCUT2D eigenvalue weighted by atomic mass is 9.75. The number of aromatic amines is 1. The van der Waals surface area contributed by atoms with Crippen molar-refractivity contribution in [2.45, 2.75) is 64.3 Å². The van der Waals surface area contributed by atoms with Gasteiger partial charge in [-0.25, -0.2) is 4.98 Å². The topological polar surface area (TPSA) is 97.2 Å². The third kappa shape index (κ3) is 4.46. The van der Waals surface area contributed by atoms with Gasteiger partial charge in [0.1, 0.15) is 5.75 Å². The maximum atomic E-state index is 13.3. The van der Waals surface area contributed by atoms with E-state index >= 15 is 0 Å². The summed E-state index contributed by atoms with van der Waals surface area (Å²) in [5.41, 5.74) is 1.79. The first kappa shape index (κ1) is 20.2. The van der Waals surface area contributed by atoms with Crippen LogP contribution in [-0.4, -0.2) is 32.7 Å². The molecule has 0 unspecified atom stereocenters. The molecule has 2 aromatic rings. The van der Waals surface area contributed by atoms with Gasteiger partial charge in [-0.3, -0.25) is 9.59 Å². The van der Waals surface area contributed by atoms with Gasteiger partial charge in [0, 0.05) is 36.5 Å². The highest BCUT2D eigenvalue weighted by molar-refractivity contribution is 5.70. The molecule has 28 heavy (non-hydrogen) atoms. The van der Waals surface area contributed by atoms with Crippen molar-refractivity contribution < 1.29 is 14.6 Å². The Bertz CT molecular complexity index is 851. The lowest BCUT2D eigenvalue weighted by molar-refractivity contribution is -0.141. The molecule has 2 heterocycles. The number of esters is 1. The molecule has 1 saturated carbocycles. The molecule has 7 nitrogen and oxygen atoms in total. The first-order valence-electron chi connectivity index (χ1n) is 9.98. The quantitative estimate of drug-likeness (QED) is 0.712. The molecule has 1 aliphatic carbocycles. The maximum absolute atomic E-state index is 13.3. The van der Waals surface area contributed by atoms with Crippen molar-refractivity contribution in [3.8, 4) is 5.75 Å². The second-order valence-electron chi connectivity index (χ2n) is 7.65. The van der Waals surface area contributed by atoms with E-state index in [-0.39, 0.29) is 35.5 Å². The summed E-state index contributed by atoms with van der Waals surface area (Å²) >= 11 is 0. The number of carbonyl (C=O) groups excluding carboxylic acids is 1. The van der Waals surface area contributed by atoms with Crippen LogP contribution in [0.5, 0.6) is 5.75 Å². The Balaban J connectivity index is 1.97. The van der Waals surface area contributed by atoms with Gasteiger partial charge in [0.25, 0.3) is 5.56 Å². The van der Waals surface area contributed by atoms with Crippen molar-refractivity contribution in [2.24, 2.45) is 5.92 Å². The molecular formula is C21H29N3O4. The van der Waals surface area contributed by atoms with E-state index < -0.39 is 0 Å². The van der Waals surface area contributed by atoms with E-state index in [1.807, 2.05) is 6.92 Å². The summed E-state index contributed by atoms with van der Waals surface area (Å²) in [4.78, 5) is 32.5. The van der Waals surface area contributed by atoms with Gasteiger partial charge in [0.15, 0.2) is 0 Å².